The lowest BCUT2D eigenvalue weighted by Gasteiger charge is -2.20. The van der Waals surface area contributed by atoms with Gasteiger partial charge in [-0.1, -0.05) is 0 Å². The van der Waals surface area contributed by atoms with Crippen molar-refractivity contribution in [2.75, 3.05) is 11.5 Å². The molecule has 3 nitrogen and oxygen atoms in total. The molecular weight excluding hydrogens is 338 g/mol. The van der Waals surface area contributed by atoms with Gasteiger partial charge in [-0.2, -0.15) is 26.3 Å². The Morgan fingerprint density at radius 2 is 1.25 bits per heavy atom. The molecule has 0 radical (unpaired) electrons. The fraction of sp³-hybridized carbons (Fsp3) is 0.133. The number of carbonyl (C=O) groups is 1. The van der Waals surface area contributed by atoms with Crippen LogP contribution in [0.2, 0.25) is 0 Å². The summed E-state index contributed by atoms with van der Waals surface area (Å²) in [6, 6.07) is 6.02. The third-order valence-electron chi connectivity index (χ3n) is 3.22. The first-order chi connectivity index (χ1) is 10.9. The predicted octanol–water partition coefficient (Wildman–Crippen LogP) is 4.12. The van der Waals surface area contributed by atoms with Crippen LogP contribution >= 0.6 is 0 Å². The molecule has 0 bridgehead atoms. The van der Waals surface area contributed by atoms with Crippen LogP contribution in [0.25, 0.3) is 0 Å². The van der Waals surface area contributed by atoms with Gasteiger partial charge >= 0.3 is 12.4 Å². The summed E-state index contributed by atoms with van der Waals surface area (Å²) in [5.74, 6) is -1.21. The molecule has 0 amide bonds. The quantitative estimate of drug-likeness (QED) is 0.487. The number of carbonyl (C=O) groups excluding carboxylic acids is 1. The Morgan fingerprint density at radius 1 is 0.750 bits per heavy atom. The summed E-state index contributed by atoms with van der Waals surface area (Å²) in [5, 5.41) is 0. The van der Waals surface area contributed by atoms with Gasteiger partial charge in [-0.15, -0.1) is 0 Å². The molecule has 0 unspecified atom stereocenters. The van der Waals surface area contributed by atoms with Crippen LogP contribution in [0.5, 0.6) is 0 Å². The summed E-state index contributed by atoms with van der Waals surface area (Å²) in [7, 11) is 0. The Kier molecular flexibility index (Phi) is 4.21. The lowest BCUT2D eigenvalue weighted by molar-refractivity contribution is -0.161. The maximum atomic E-state index is 13.2. The van der Waals surface area contributed by atoms with Crippen LogP contribution in [0, 0.1) is 0 Å². The monoisotopic (exact) mass is 348 g/mol. The van der Waals surface area contributed by atoms with Gasteiger partial charge in [-0.3, -0.25) is 4.79 Å². The second-order valence-electron chi connectivity index (χ2n) is 4.90. The Labute approximate surface area is 131 Å². The molecular formula is C15H10F6N2O. The largest absolute Gasteiger partial charge is 0.419 e. The van der Waals surface area contributed by atoms with E-state index in [-0.39, 0.29) is 11.3 Å². The van der Waals surface area contributed by atoms with Crippen LogP contribution < -0.4 is 11.5 Å². The lowest BCUT2D eigenvalue weighted by Crippen LogP contribution is -2.23. The summed E-state index contributed by atoms with van der Waals surface area (Å²) >= 11 is 0. The average molecular weight is 348 g/mol. The first-order valence-electron chi connectivity index (χ1n) is 6.40. The number of nitrogen functional groups attached to an aromatic ring is 2. The number of alkyl halides is 6. The van der Waals surface area contributed by atoms with E-state index in [1.807, 2.05) is 0 Å². The second-order valence-corrected chi connectivity index (χ2v) is 4.90. The van der Waals surface area contributed by atoms with Gasteiger partial charge in [0.15, 0.2) is 5.78 Å². The van der Waals surface area contributed by atoms with Crippen molar-refractivity contribution >= 4 is 17.2 Å². The number of ketones is 1. The summed E-state index contributed by atoms with van der Waals surface area (Å²) in [6.07, 6.45) is -10.8. The fourth-order valence-corrected chi connectivity index (χ4v) is 2.20. The molecule has 128 valence electrons. The maximum Gasteiger partial charge on any atom is 0.419 e. The van der Waals surface area contributed by atoms with Gasteiger partial charge in [0.2, 0.25) is 0 Å². The SMILES string of the molecule is Nc1ccc(C(=O)c2ccc(N)c(C(F)(F)F)c2C(F)(F)F)cc1. The van der Waals surface area contributed by atoms with Gasteiger partial charge < -0.3 is 11.5 Å². The van der Waals surface area contributed by atoms with E-state index in [1.165, 1.54) is 12.1 Å². The van der Waals surface area contributed by atoms with Gasteiger partial charge in [0.05, 0.1) is 11.1 Å². The van der Waals surface area contributed by atoms with Crippen molar-refractivity contribution in [1.82, 2.24) is 0 Å². The van der Waals surface area contributed by atoms with Gasteiger partial charge in [0.25, 0.3) is 0 Å². The van der Waals surface area contributed by atoms with Crippen molar-refractivity contribution in [3.05, 3.63) is 58.7 Å². The van der Waals surface area contributed by atoms with Gasteiger partial charge in [0, 0.05) is 22.5 Å². The molecule has 0 spiro atoms. The standard InChI is InChI=1S/C15H10F6N2O/c16-14(17,18)11-9(5-6-10(23)12(11)15(19,20)21)13(24)7-1-3-8(22)4-2-7/h1-6H,22-23H2. The minimum atomic E-state index is -5.42. The Hall–Kier alpha value is -2.71. The molecule has 0 aromatic heterocycles. The molecule has 0 saturated carbocycles. The summed E-state index contributed by atoms with van der Waals surface area (Å²) < 4.78 is 78.8. The number of anilines is 2. The van der Waals surface area contributed by atoms with E-state index in [2.05, 4.69) is 0 Å². The minimum Gasteiger partial charge on any atom is -0.399 e. The molecule has 0 atom stereocenters. The number of halogens is 6. The number of hydrogen-bond donors (Lipinski definition) is 2. The van der Waals surface area contributed by atoms with E-state index in [4.69, 9.17) is 11.5 Å². The van der Waals surface area contributed by atoms with Crippen molar-refractivity contribution in [2.24, 2.45) is 0 Å². The number of nitrogens with two attached hydrogens (primary N) is 2. The predicted molar refractivity (Wildman–Crippen MR) is 75.1 cm³/mol. The third kappa shape index (κ3) is 3.29. The zero-order valence-corrected chi connectivity index (χ0v) is 11.8. The molecule has 0 aliphatic carbocycles. The Balaban J connectivity index is 2.75. The zero-order chi connectivity index (χ0) is 18.3. The zero-order valence-electron chi connectivity index (χ0n) is 11.8. The van der Waals surface area contributed by atoms with Crippen LogP contribution in [-0.2, 0) is 12.4 Å². The summed E-state index contributed by atoms with van der Waals surface area (Å²) in [4.78, 5) is 12.3. The number of hydrogen-bond acceptors (Lipinski definition) is 3. The first kappa shape index (κ1) is 17.6. The molecule has 2 aromatic carbocycles. The van der Waals surface area contributed by atoms with Gasteiger partial charge in [-0.25, -0.2) is 0 Å². The van der Waals surface area contributed by atoms with Crippen LogP contribution in [0.15, 0.2) is 36.4 Å². The van der Waals surface area contributed by atoms with E-state index >= 15 is 0 Å². The molecule has 0 aliphatic rings. The highest BCUT2D eigenvalue weighted by atomic mass is 19.4. The minimum absolute atomic E-state index is 0.229. The molecule has 24 heavy (non-hydrogen) atoms. The molecule has 2 rings (SSSR count). The molecule has 2 aromatic rings. The molecule has 0 fully saturated rings. The van der Waals surface area contributed by atoms with Crippen LogP contribution in [0.3, 0.4) is 0 Å². The normalized spacial score (nSPS) is 12.2. The van der Waals surface area contributed by atoms with Crippen molar-refractivity contribution < 1.29 is 31.1 Å². The highest BCUT2D eigenvalue weighted by Crippen LogP contribution is 2.45. The molecule has 0 aliphatic heterocycles. The number of rotatable bonds is 2. The summed E-state index contributed by atoms with van der Waals surface area (Å²) in [5.41, 5.74) is 4.10. The van der Waals surface area contributed by atoms with E-state index in [0.717, 1.165) is 12.1 Å². The van der Waals surface area contributed by atoms with E-state index in [1.54, 1.807) is 0 Å². The number of benzene rings is 2. The van der Waals surface area contributed by atoms with Crippen molar-refractivity contribution in [3.8, 4) is 0 Å². The van der Waals surface area contributed by atoms with Crippen molar-refractivity contribution in [3.63, 3.8) is 0 Å². The first-order valence-corrected chi connectivity index (χ1v) is 6.40. The van der Waals surface area contributed by atoms with Crippen molar-refractivity contribution in [1.29, 1.82) is 0 Å². The summed E-state index contributed by atoms with van der Waals surface area (Å²) in [6.45, 7) is 0. The molecule has 0 heterocycles. The Bertz CT molecular complexity index is 778. The van der Waals surface area contributed by atoms with E-state index in [9.17, 15) is 31.1 Å². The van der Waals surface area contributed by atoms with Crippen LogP contribution in [-0.4, -0.2) is 5.78 Å². The smallest absolute Gasteiger partial charge is 0.399 e. The maximum absolute atomic E-state index is 13.2. The third-order valence-corrected chi connectivity index (χ3v) is 3.22. The van der Waals surface area contributed by atoms with Gasteiger partial charge in [0.1, 0.15) is 0 Å². The highest BCUT2D eigenvalue weighted by Gasteiger charge is 2.47. The second kappa shape index (κ2) is 5.73. The highest BCUT2D eigenvalue weighted by molar-refractivity contribution is 6.10. The molecule has 4 N–H and O–H groups in total. The fourth-order valence-electron chi connectivity index (χ4n) is 2.20. The van der Waals surface area contributed by atoms with Crippen LogP contribution in [0.4, 0.5) is 37.7 Å². The average Bonchev–Trinajstić information content (AvgIpc) is 2.44. The molecule has 9 heteroatoms. The van der Waals surface area contributed by atoms with Crippen LogP contribution in [0.1, 0.15) is 27.0 Å². The Morgan fingerprint density at radius 3 is 1.71 bits per heavy atom. The lowest BCUT2D eigenvalue weighted by atomic mass is 9.92. The van der Waals surface area contributed by atoms with Crippen molar-refractivity contribution in [2.45, 2.75) is 12.4 Å². The van der Waals surface area contributed by atoms with Gasteiger partial charge in [-0.05, 0) is 36.4 Å². The topological polar surface area (TPSA) is 69.1 Å². The van der Waals surface area contributed by atoms with E-state index in [0.29, 0.717) is 12.1 Å². The molecule has 0 saturated heterocycles. The van der Waals surface area contributed by atoms with E-state index < -0.39 is 40.5 Å².